The molecule has 0 saturated heterocycles. The van der Waals surface area contributed by atoms with E-state index in [1.165, 1.54) is 24.3 Å². The van der Waals surface area contributed by atoms with Gasteiger partial charge in [0.05, 0.1) is 18.1 Å². The van der Waals surface area contributed by atoms with Crippen LogP contribution in [0.5, 0.6) is 11.5 Å². The Hall–Kier alpha value is -4.70. The number of rotatable bonds is 6. The number of hydrazine groups is 1. The van der Waals surface area contributed by atoms with E-state index in [4.69, 9.17) is 17.0 Å². The zero-order valence-electron chi connectivity index (χ0n) is 19.1. The van der Waals surface area contributed by atoms with E-state index in [0.717, 1.165) is 16.3 Å². The molecule has 36 heavy (non-hydrogen) atoms. The van der Waals surface area contributed by atoms with Crippen LogP contribution in [0.25, 0.3) is 10.8 Å². The first-order valence-corrected chi connectivity index (χ1v) is 11.2. The van der Waals surface area contributed by atoms with Crippen LogP contribution < -0.4 is 20.9 Å². The Kier molecular flexibility index (Phi) is 7.26. The second kappa shape index (κ2) is 10.7. The first-order chi connectivity index (χ1) is 17.4. The van der Waals surface area contributed by atoms with Gasteiger partial charge in [0.2, 0.25) is 0 Å². The topological polar surface area (TPSA) is 126 Å². The molecule has 0 heterocycles. The zero-order valence-corrected chi connectivity index (χ0v) is 19.9. The van der Waals surface area contributed by atoms with Crippen LogP contribution >= 0.6 is 12.2 Å². The lowest BCUT2D eigenvalue weighted by atomic mass is 9.93. The standard InChI is InChI=1S/C26H22N4O5S/c1-35-20-13-8-17(9-14-20)24(23-21-5-3-2-4-16(21)10-15-22(23)31)27-26(36)29-28-25(32)18-6-11-19(12-7-18)30(33)34/h2-15,24,31H,1H3,(H,28,32)(H2,27,29,36). The predicted molar refractivity (Wildman–Crippen MR) is 140 cm³/mol. The van der Waals surface area contributed by atoms with Crippen molar-refractivity contribution in [3.63, 3.8) is 0 Å². The third-order valence-corrected chi connectivity index (χ3v) is 5.81. The molecular formula is C26H22N4O5S. The number of fused-ring (bicyclic) bond motifs is 1. The van der Waals surface area contributed by atoms with E-state index >= 15 is 0 Å². The Labute approximate surface area is 211 Å². The fourth-order valence-corrected chi connectivity index (χ4v) is 3.96. The maximum atomic E-state index is 12.5. The van der Waals surface area contributed by atoms with Crippen LogP contribution in [-0.4, -0.2) is 28.2 Å². The number of thiocarbonyl (C=S) groups is 1. The number of aromatic hydroxyl groups is 1. The van der Waals surface area contributed by atoms with E-state index in [9.17, 15) is 20.0 Å². The molecule has 182 valence electrons. The van der Waals surface area contributed by atoms with Gasteiger partial charge in [-0.05, 0) is 58.9 Å². The minimum atomic E-state index is -0.571. The number of nitro groups is 1. The largest absolute Gasteiger partial charge is 0.508 e. The van der Waals surface area contributed by atoms with Gasteiger partial charge in [-0.2, -0.15) is 0 Å². The summed E-state index contributed by atoms with van der Waals surface area (Å²) >= 11 is 5.44. The molecule has 1 amide bonds. The number of nitrogens with zero attached hydrogens (tertiary/aromatic N) is 1. The Morgan fingerprint density at radius 3 is 2.33 bits per heavy atom. The molecule has 0 saturated carbocycles. The summed E-state index contributed by atoms with van der Waals surface area (Å²) in [7, 11) is 1.58. The number of nitro benzene ring substituents is 1. The number of nitrogens with one attached hydrogen (secondary N) is 3. The highest BCUT2D eigenvalue weighted by Gasteiger charge is 2.22. The lowest BCUT2D eigenvalue weighted by Crippen LogP contribution is -2.47. The van der Waals surface area contributed by atoms with Gasteiger partial charge in [-0.15, -0.1) is 0 Å². The molecule has 4 rings (SSSR count). The summed E-state index contributed by atoms with van der Waals surface area (Å²) in [5.41, 5.74) is 6.65. The van der Waals surface area contributed by atoms with Gasteiger partial charge in [-0.3, -0.25) is 25.8 Å². The van der Waals surface area contributed by atoms with Gasteiger partial charge in [-0.1, -0.05) is 42.5 Å². The van der Waals surface area contributed by atoms with Gasteiger partial charge in [0.15, 0.2) is 5.11 Å². The molecule has 0 aliphatic heterocycles. The summed E-state index contributed by atoms with van der Waals surface area (Å²) in [5.74, 6) is 0.235. The summed E-state index contributed by atoms with van der Waals surface area (Å²) in [5, 5.41) is 26.7. The second-order valence-corrected chi connectivity index (χ2v) is 8.19. The van der Waals surface area contributed by atoms with Crippen molar-refractivity contribution in [2.24, 2.45) is 0 Å². The van der Waals surface area contributed by atoms with Crippen molar-refractivity contribution in [2.75, 3.05) is 7.11 Å². The molecule has 9 nitrogen and oxygen atoms in total. The average Bonchev–Trinajstić information content (AvgIpc) is 2.91. The smallest absolute Gasteiger partial charge is 0.269 e. The Balaban J connectivity index is 1.58. The number of hydrogen-bond acceptors (Lipinski definition) is 6. The maximum absolute atomic E-state index is 12.5. The minimum Gasteiger partial charge on any atom is -0.508 e. The van der Waals surface area contributed by atoms with Gasteiger partial charge in [0.25, 0.3) is 11.6 Å². The molecule has 0 aliphatic rings. The lowest BCUT2D eigenvalue weighted by molar-refractivity contribution is -0.384. The monoisotopic (exact) mass is 502 g/mol. The zero-order chi connectivity index (χ0) is 25.7. The van der Waals surface area contributed by atoms with Crippen LogP contribution in [0.2, 0.25) is 0 Å². The van der Waals surface area contributed by atoms with Gasteiger partial charge < -0.3 is 15.2 Å². The SMILES string of the molecule is COc1ccc(C(NC(=S)NNC(=O)c2ccc([N+](=O)[O-])cc2)c2c(O)ccc3ccccc23)cc1. The van der Waals surface area contributed by atoms with Crippen LogP contribution in [0.1, 0.15) is 27.5 Å². The maximum Gasteiger partial charge on any atom is 0.269 e. The molecule has 4 aromatic rings. The molecule has 1 unspecified atom stereocenters. The molecule has 0 radical (unpaired) electrons. The number of ether oxygens (including phenoxy) is 1. The third kappa shape index (κ3) is 5.34. The number of hydrogen-bond donors (Lipinski definition) is 4. The predicted octanol–water partition coefficient (Wildman–Crippen LogP) is 4.36. The van der Waals surface area contributed by atoms with E-state index in [1.807, 2.05) is 42.5 Å². The third-order valence-electron chi connectivity index (χ3n) is 5.59. The van der Waals surface area contributed by atoms with E-state index in [-0.39, 0.29) is 22.1 Å². The Bertz CT molecular complexity index is 1420. The van der Waals surface area contributed by atoms with Crippen LogP contribution in [0.3, 0.4) is 0 Å². The number of methoxy groups -OCH3 is 1. The summed E-state index contributed by atoms with van der Waals surface area (Å²) in [6, 6.07) is 23.1. The highest BCUT2D eigenvalue weighted by atomic mass is 32.1. The van der Waals surface area contributed by atoms with Crippen LogP contribution in [0.4, 0.5) is 5.69 Å². The highest BCUT2D eigenvalue weighted by molar-refractivity contribution is 7.80. The van der Waals surface area contributed by atoms with Crippen molar-refractivity contribution in [2.45, 2.75) is 6.04 Å². The average molecular weight is 503 g/mol. The van der Waals surface area contributed by atoms with Crippen molar-refractivity contribution >= 4 is 39.7 Å². The molecular weight excluding hydrogens is 480 g/mol. The number of carbonyl (C=O) groups excluding carboxylic acids is 1. The van der Waals surface area contributed by atoms with Crippen LogP contribution in [-0.2, 0) is 0 Å². The van der Waals surface area contributed by atoms with Crippen molar-refractivity contribution < 1.29 is 19.6 Å². The van der Waals surface area contributed by atoms with E-state index < -0.39 is 16.9 Å². The van der Waals surface area contributed by atoms with E-state index in [2.05, 4.69) is 16.2 Å². The van der Waals surface area contributed by atoms with Crippen LogP contribution in [0.15, 0.2) is 84.9 Å². The van der Waals surface area contributed by atoms with Gasteiger partial charge in [0, 0.05) is 23.3 Å². The number of phenolic OH excluding ortho intramolecular Hbond substituents is 1. The lowest BCUT2D eigenvalue weighted by Gasteiger charge is -2.24. The Morgan fingerprint density at radius 1 is 0.972 bits per heavy atom. The normalized spacial score (nSPS) is 11.4. The van der Waals surface area contributed by atoms with Gasteiger partial charge >= 0.3 is 0 Å². The van der Waals surface area contributed by atoms with E-state index in [1.54, 1.807) is 25.3 Å². The molecule has 0 fully saturated rings. The molecule has 0 aromatic heterocycles. The number of non-ortho nitro benzene ring substituents is 1. The summed E-state index contributed by atoms with van der Waals surface area (Å²) in [6.45, 7) is 0. The fraction of sp³-hybridized carbons (Fsp3) is 0.0769. The molecule has 0 bridgehead atoms. The van der Waals surface area contributed by atoms with Crippen molar-refractivity contribution in [3.05, 3.63) is 112 Å². The first-order valence-electron chi connectivity index (χ1n) is 10.8. The fourth-order valence-electron chi connectivity index (χ4n) is 3.79. The highest BCUT2D eigenvalue weighted by Crippen LogP contribution is 2.36. The van der Waals surface area contributed by atoms with Crippen molar-refractivity contribution in [1.29, 1.82) is 0 Å². The second-order valence-electron chi connectivity index (χ2n) is 7.78. The Morgan fingerprint density at radius 2 is 1.67 bits per heavy atom. The van der Waals surface area contributed by atoms with Gasteiger partial charge in [0.1, 0.15) is 11.5 Å². The van der Waals surface area contributed by atoms with Crippen molar-refractivity contribution in [3.8, 4) is 11.5 Å². The molecule has 0 aliphatic carbocycles. The van der Waals surface area contributed by atoms with Crippen molar-refractivity contribution in [1.82, 2.24) is 16.2 Å². The molecule has 1 atom stereocenters. The van der Waals surface area contributed by atoms with E-state index in [0.29, 0.717) is 11.3 Å². The van der Waals surface area contributed by atoms with Gasteiger partial charge in [-0.25, -0.2) is 0 Å². The molecule has 4 aromatic carbocycles. The summed E-state index contributed by atoms with van der Waals surface area (Å²) in [6.07, 6.45) is 0. The number of amides is 1. The first kappa shape index (κ1) is 24.4. The number of phenols is 1. The molecule has 0 spiro atoms. The molecule has 10 heteroatoms. The summed E-state index contributed by atoms with van der Waals surface area (Å²) < 4.78 is 5.26. The number of carbonyl (C=O) groups is 1. The van der Waals surface area contributed by atoms with Crippen LogP contribution in [0, 0.1) is 10.1 Å². The quantitative estimate of drug-likeness (QED) is 0.174. The minimum absolute atomic E-state index is 0.0831. The summed E-state index contributed by atoms with van der Waals surface area (Å²) in [4.78, 5) is 22.7. The molecule has 4 N–H and O–H groups in total. The number of benzene rings is 4.